The van der Waals surface area contributed by atoms with Crippen molar-refractivity contribution in [2.75, 3.05) is 13.7 Å². The highest BCUT2D eigenvalue weighted by molar-refractivity contribution is 8.04. The summed E-state index contributed by atoms with van der Waals surface area (Å²) in [5.41, 5.74) is 2.49. The SMILES string of the molecule is COC1=CSC(CC2=CC=CCN2Cc2ccccc2)C1=O. The Bertz CT molecular complexity index is 634. The fourth-order valence-corrected chi connectivity index (χ4v) is 3.67. The Morgan fingerprint density at radius 1 is 1.32 bits per heavy atom. The van der Waals surface area contributed by atoms with Crippen LogP contribution in [0.25, 0.3) is 0 Å². The van der Waals surface area contributed by atoms with Gasteiger partial charge in [-0.05, 0) is 11.6 Å². The molecule has 0 aromatic heterocycles. The van der Waals surface area contributed by atoms with Gasteiger partial charge in [0.2, 0.25) is 5.78 Å². The fourth-order valence-electron chi connectivity index (χ4n) is 2.66. The first-order valence-corrected chi connectivity index (χ1v) is 8.30. The van der Waals surface area contributed by atoms with Gasteiger partial charge in [0, 0.05) is 30.6 Å². The Morgan fingerprint density at radius 2 is 2.14 bits per heavy atom. The van der Waals surface area contributed by atoms with Crippen molar-refractivity contribution in [1.29, 1.82) is 0 Å². The van der Waals surface area contributed by atoms with Crippen molar-refractivity contribution >= 4 is 17.5 Å². The lowest BCUT2D eigenvalue weighted by Gasteiger charge is -2.29. The molecule has 1 atom stereocenters. The second-order valence-corrected chi connectivity index (χ2v) is 6.41. The van der Waals surface area contributed by atoms with E-state index >= 15 is 0 Å². The van der Waals surface area contributed by atoms with Crippen molar-refractivity contribution in [3.05, 3.63) is 71.0 Å². The number of hydrogen-bond acceptors (Lipinski definition) is 4. The number of nitrogens with zero attached hydrogens (tertiary/aromatic N) is 1. The molecule has 2 aliphatic heterocycles. The minimum Gasteiger partial charge on any atom is -0.492 e. The lowest BCUT2D eigenvalue weighted by molar-refractivity contribution is -0.117. The predicted molar refractivity (Wildman–Crippen MR) is 90.2 cm³/mol. The first-order chi connectivity index (χ1) is 10.8. The van der Waals surface area contributed by atoms with Gasteiger partial charge in [-0.1, -0.05) is 42.5 Å². The fraction of sp³-hybridized carbons (Fsp3) is 0.278. The zero-order valence-electron chi connectivity index (χ0n) is 12.6. The number of Topliss-reactive ketones (excluding diaryl/α,β-unsaturated/α-hetero) is 1. The molecule has 0 bridgehead atoms. The van der Waals surface area contributed by atoms with Gasteiger partial charge >= 0.3 is 0 Å². The molecule has 4 heteroatoms. The van der Waals surface area contributed by atoms with Crippen LogP contribution < -0.4 is 0 Å². The molecule has 0 spiro atoms. The third kappa shape index (κ3) is 3.28. The molecule has 0 saturated heterocycles. The van der Waals surface area contributed by atoms with E-state index in [2.05, 4.69) is 47.4 Å². The van der Waals surface area contributed by atoms with E-state index in [0.29, 0.717) is 5.76 Å². The second-order valence-electron chi connectivity index (χ2n) is 5.33. The van der Waals surface area contributed by atoms with E-state index in [1.54, 1.807) is 18.9 Å². The van der Waals surface area contributed by atoms with Crippen molar-refractivity contribution in [2.45, 2.75) is 18.2 Å². The third-order valence-corrected chi connectivity index (χ3v) is 4.92. The van der Waals surface area contributed by atoms with Gasteiger partial charge in [0.05, 0.1) is 12.4 Å². The van der Waals surface area contributed by atoms with Crippen molar-refractivity contribution in [3.8, 4) is 0 Å². The first-order valence-electron chi connectivity index (χ1n) is 7.36. The molecule has 3 nitrogen and oxygen atoms in total. The average molecular weight is 313 g/mol. The zero-order chi connectivity index (χ0) is 15.4. The number of allylic oxidation sites excluding steroid dienone is 4. The maximum absolute atomic E-state index is 12.2. The maximum atomic E-state index is 12.2. The Balaban J connectivity index is 1.67. The van der Waals surface area contributed by atoms with Crippen LogP contribution in [0.1, 0.15) is 12.0 Å². The van der Waals surface area contributed by atoms with E-state index in [9.17, 15) is 4.79 Å². The van der Waals surface area contributed by atoms with Gasteiger partial charge in [0.25, 0.3) is 0 Å². The molecule has 1 aromatic rings. The number of ether oxygens (including phenoxy) is 1. The minimum atomic E-state index is -0.0639. The predicted octanol–water partition coefficient (Wildman–Crippen LogP) is 3.50. The molecular weight excluding hydrogens is 294 g/mol. The topological polar surface area (TPSA) is 29.5 Å². The van der Waals surface area contributed by atoms with E-state index in [-0.39, 0.29) is 11.0 Å². The number of ketones is 1. The molecular formula is C18H19NO2S. The molecule has 0 fully saturated rings. The highest BCUT2D eigenvalue weighted by Crippen LogP contribution is 2.33. The van der Waals surface area contributed by atoms with Crippen LogP contribution in [0.5, 0.6) is 0 Å². The van der Waals surface area contributed by atoms with Gasteiger partial charge in [-0.3, -0.25) is 4.79 Å². The molecule has 1 unspecified atom stereocenters. The molecule has 0 saturated carbocycles. The van der Waals surface area contributed by atoms with Crippen LogP contribution in [0.2, 0.25) is 0 Å². The van der Waals surface area contributed by atoms with Gasteiger partial charge in [0.1, 0.15) is 0 Å². The summed E-state index contributed by atoms with van der Waals surface area (Å²) in [5, 5.41) is 1.76. The number of methoxy groups -OCH3 is 1. The van der Waals surface area contributed by atoms with E-state index in [4.69, 9.17) is 4.74 Å². The monoisotopic (exact) mass is 313 g/mol. The Kier molecular flexibility index (Phi) is 4.68. The van der Waals surface area contributed by atoms with Crippen molar-refractivity contribution in [2.24, 2.45) is 0 Å². The summed E-state index contributed by atoms with van der Waals surface area (Å²) in [5.74, 6) is 0.583. The van der Waals surface area contributed by atoms with Crippen LogP contribution in [0.4, 0.5) is 0 Å². The molecule has 1 aromatic carbocycles. The number of carbonyl (C=O) groups is 1. The van der Waals surface area contributed by atoms with Crippen molar-refractivity contribution in [3.63, 3.8) is 0 Å². The number of benzene rings is 1. The zero-order valence-corrected chi connectivity index (χ0v) is 13.4. The van der Waals surface area contributed by atoms with Crippen LogP contribution in [0.3, 0.4) is 0 Å². The largest absolute Gasteiger partial charge is 0.492 e. The van der Waals surface area contributed by atoms with E-state index in [1.165, 1.54) is 11.3 Å². The normalized spacial score (nSPS) is 20.9. The summed E-state index contributed by atoms with van der Waals surface area (Å²) in [6.07, 6.45) is 7.08. The molecule has 3 rings (SSSR count). The molecule has 114 valence electrons. The van der Waals surface area contributed by atoms with Crippen LogP contribution >= 0.6 is 11.8 Å². The molecule has 0 N–H and O–H groups in total. The first kappa shape index (κ1) is 15.0. The lowest BCUT2D eigenvalue weighted by atomic mass is 10.1. The Labute approximate surface area is 135 Å². The Morgan fingerprint density at radius 3 is 2.86 bits per heavy atom. The van der Waals surface area contributed by atoms with E-state index in [0.717, 1.165) is 19.5 Å². The maximum Gasteiger partial charge on any atom is 0.211 e. The van der Waals surface area contributed by atoms with Gasteiger partial charge in [-0.25, -0.2) is 0 Å². The van der Waals surface area contributed by atoms with Gasteiger partial charge in [-0.15, -0.1) is 11.8 Å². The van der Waals surface area contributed by atoms with Crippen molar-refractivity contribution in [1.82, 2.24) is 4.90 Å². The van der Waals surface area contributed by atoms with Gasteiger partial charge in [-0.2, -0.15) is 0 Å². The standard InChI is InChI=1S/C18H19NO2S/c1-21-16-13-22-17(18(16)20)11-15-9-5-6-10-19(15)12-14-7-3-2-4-8-14/h2-9,13,17H,10-12H2,1H3. The summed E-state index contributed by atoms with van der Waals surface area (Å²) in [6.45, 7) is 1.75. The highest BCUT2D eigenvalue weighted by Gasteiger charge is 2.30. The Hall–Kier alpha value is -1.94. The lowest BCUT2D eigenvalue weighted by Crippen LogP contribution is -2.28. The molecule has 2 aliphatic rings. The summed E-state index contributed by atoms with van der Waals surface area (Å²) in [4.78, 5) is 14.5. The molecule has 0 aliphatic carbocycles. The summed E-state index contributed by atoms with van der Waals surface area (Å²) < 4.78 is 5.11. The molecule has 22 heavy (non-hydrogen) atoms. The van der Waals surface area contributed by atoms with Gasteiger partial charge in [0.15, 0.2) is 5.76 Å². The quantitative estimate of drug-likeness (QED) is 0.832. The second kappa shape index (κ2) is 6.88. The molecule has 2 heterocycles. The minimum absolute atomic E-state index is 0.0639. The highest BCUT2D eigenvalue weighted by atomic mass is 32.2. The van der Waals surface area contributed by atoms with E-state index < -0.39 is 0 Å². The molecule has 0 amide bonds. The van der Waals surface area contributed by atoms with Crippen LogP contribution in [0, 0.1) is 0 Å². The van der Waals surface area contributed by atoms with Crippen LogP contribution in [0.15, 0.2) is 65.4 Å². The smallest absolute Gasteiger partial charge is 0.211 e. The summed E-state index contributed by atoms with van der Waals surface area (Å²) >= 11 is 1.56. The summed E-state index contributed by atoms with van der Waals surface area (Å²) in [6, 6.07) is 10.4. The number of rotatable bonds is 5. The van der Waals surface area contributed by atoms with Crippen LogP contribution in [-0.4, -0.2) is 29.6 Å². The van der Waals surface area contributed by atoms with Crippen molar-refractivity contribution < 1.29 is 9.53 Å². The number of hydrogen-bond donors (Lipinski definition) is 0. The van der Waals surface area contributed by atoms with E-state index in [1.807, 2.05) is 11.5 Å². The van der Waals surface area contributed by atoms with Gasteiger partial charge < -0.3 is 9.64 Å². The summed E-state index contributed by atoms with van der Waals surface area (Å²) in [7, 11) is 1.55. The number of thioether (sulfide) groups is 1. The number of carbonyl (C=O) groups excluding carboxylic acids is 1. The third-order valence-electron chi connectivity index (χ3n) is 3.86. The molecule has 0 radical (unpaired) electrons. The van der Waals surface area contributed by atoms with Crippen LogP contribution in [-0.2, 0) is 16.1 Å². The average Bonchev–Trinajstić information content (AvgIpc) is 2.90.